The molecule has 17 heavy (non-hydrogen) atoms. The number of hydrogen-bond acceptors (Lipinski definition) is 3. The summed E-state index contributed by atoms with van der Waals surface area (Å²) in [6.45, 7) is 4.75. The highest BCUT2D eigenvalue weighted by atomic mass is 16.7. The molecular formula is C13H15NO3. The Kier molecular flexibility index (Phi) is 2.24. The highest BCUT2D eigenvalue weighted by molar-refractivity contribution is 5.74. The third-order valence-corrected chi connectivity index (χ3v) is 3.58. The zero-order chi connectivity index (χ0) is 12.0. The van der Waals surface area contributed by atoms with Crippen molar-refractivity contribution in [2.45, 2.75) is 26.3 Å². The van der Waals surface area contributed by atoms with Crippen LogP contribution in [0.4, 0.5) is 0 Å². The number of ether oxygens (including phenoxy) is 2. The van der Waals surface area contributed by atoms with Gasteiger partial charge in [-0.05, 0) is 36.6 Å². The number of carbonyl (C=O) groups excluding carboxylic acids is 1. The molecule has 0 aromatic heterocycles. The molecule has 1 aromatic rings. The lowest BCUT2D eigenvalue weighted by Gasteiger charge is -2.34. The first kappa shape index (κ1) is 10.4. The Bertz CT molecular complexity index is 484. The maximum absolute atomic E-state index is 11.5. The van der Waals surface area contributed by atoms with Crippen LogP contribution in [-0.2, 0) is 11.2 Å². The van der Waals surface area contributed by atoms with Crippen LogP contribution in [0.25, 0.3) is 0 Å². The third kappa shape index (κ3) is 1.55. The van der Waals surface area contributed by atoms with Gasteiger partial charge in [0.05, 0.1) is 6.04 Å². The van der Waals surface area contributed by atoms with E-state index in [9.17, 15) is 4.79 Å². The summed E-state index contributed by atoms with van der Waals surface area (Å²) in [6, 6.07) is 4.18. The minimum atomic E-state index is 0.116. The standard InChI is InChI=1S/C13H15NO3/c1-8-11-6-13-12(16-7-17-13)5-10(11)3-4-14(8)9(2)15/h5-6,8H,3-4,7H2,1-2H3. The average Bonchev–Trinajstić information content (AvgIpc) is 2.73. The van der Waals surface area contributed by atoms with Crippen LogP contribution in [0, 0.1) is 0 Å². The van der Waals surface area contributed by atoms with Crippen molar-refractivity contribution >= 4 is 5.91 Å². The third-order valence-electron chi connectivity index (χ3n) is 3.58. The van der Waals surface area contributed by atoms with Gasteiger partial charge in [0.2, 0.25) is 12.7 Å². The van der Waals surface area contributed by atoms with E-state index in [1.807, 2.05) is 17.0 Å². The predicted molar refractivity (Wildman–Crippen MR) is 62.1 cm³/mol. The molecule has 2 aliphatic heterocycles. The minimum Gasteiger partial charge on any atom is -0.454 e. The fraction of sp³-hybridized carbons (Fsp3) is 0.462. The number of nitrogens with zero attached hydrogens (tertiary/aromatic N) is 1. The molecule has 0 radical (unpaired) electrons. The Labute approximate surface area is 100 Å². The van der Waals surface area contributed by atoms with Gasteiger partial charge in [0.15, 0.2) is 11.5 Å². The molecule has 2 heterocycles. The average molecular weight is 233 g/mol. The van der Waals surface area contributed by atoms with E-state index in [4.69, 9.17) is 9.47 Å². The van der Waals surface area contributed by atoms with Gasteiger partial charge in [-0.15, -0.1) is 0 Å². The molecule has 0 bridgehead atoms. The zero-order valence-electron chi connectivity index (χ0n) is 10.0. The molecule has 0 saturated heterocycles. The molecule has 0 spiro atoms. The number of fused-ring (bicyclic) bond motifs is 2. The molecule has 1 atom stereocenters. The number of hydrogen-bond donors (Lipinski definition) is 0. The van der Waals surface area contributed by atoms with Crippen molar-refractivity contribution in [2.24, 2.45) is 0 Å². The largest absolute Gasteiger partial charge is 0.454 e. The van der Waals surface area contributed by atoms with Crippen molar-refractivity contribution in [3.63, 3.8) is 0 Å². The van der Waals surface area contributed by atoms with E-state index in [2.05, 4.69) is 6.92 Å². The molecule has 2 aliphatic rings. The summed E-state index contributed by atoms with van der Waals surface area (Å²) in [5.41, 5.74) is 2.44. The molecule has 4 nitrogen and oxygen atoms in total. The quantitative estimate of drug-likeness (QED) is 0.686. The van der Waals surface area contributed by atoms with E-state index in [1.54, 1.807) is 6.92 Å². The van der Waals surface area contributed by atoms with Crippen molar-refractivity contribution in [3.05, 3.63) is 23.3 Å². The second kappa shape index (κ2) is 3.65. The molecule has 3 rings (SSSR count). The van der Waals surface area contributed by atoms with Crippen LogP contribution < -0.4 is 9.47 Å². The smallest absolute Gasteiger partial charge is 0.231 e. The van der Waals surface area contributed by atoms with Gasteiger partial charge in [-0.1, -0.05) is 0 Å². The van der Waals surface area contributed by atoms with E-state index < -0.39 is 0 Å². The molecule has 0 aliphatic carbocycles. The van der Waals surface area contributed by atoms with Gasteiger partial charge in [0.25, 0.3) is 0 Å². The van der Waals surface area contributed by atoms with Crippen LogP contribution >= 0.6 is 0 Å². The number of carbonyl (C=O) groups is 1. The SMILES string of the molecule is CC(=O)N1CCc2cc3c(cc2C1C)OCO3. The van der Waals surface area contributed by atoms with E-state index >= 15 is 0 Å². The first-order chi connectivity index (χ1) is 8.16. The highest BCUT2D eigenvalue weighted by Gasteiger charge is 2.28. The van der Waals surface area contributed by atoms with Crippen molar-refractivity contribution in [1.82, 2.24) is 4.90 Å². The molecule has 4 heteroatoms. The zero-order valence-corrected chi connectivity index (χ0v) is 10.0. The van der Waals surface area contributed by atoms with Crippen molar-refractivity contribution in [1.29, 1.82) is 0 Å². The van der Waals surface area contributed by atoms with Gasteiger partial charge in [-0.3, -0.25) is 4.79 Å². The van der Waals surface area contributed by atoms with E-state index in [0.29, 0.717) is 6.79 Å². The maximum atomic E-state index is 11.5. The molecule has 0 saturated carbocycles. The summed E-state index contributed by atoms with van der Waals surface area (Å²) >= 11 is 0. The van der Waals surface area contributed by atoms with E-state index in [-0.39, 0.29) is 11.9 Å². The minimum absolute atomic E-state index is 0.116. The van der Waals surface area contributed by atoms with Crippen molar-refractivity contribution < 1.29 is 14.3 Å². The fourth-order valence-electron chi connectivity index (χ4n) is 2.64. The van der Waals surface area contributed by atoms with E-state index in [0.717, 1.165) is 24.5 Å². The summed E-state index contributed by atoms with van der Waals surface area (Å²) < 4.78 is 10.8. The Balaban J connectivity index is 2.03. The van der Waals surface area contributed by atoms with Gasteiger partial charge in [0.1, 0.15) is 0 Å². The summed E-state index contributed by atoms with van der Waals surface area (Å²) in [5, 5.41) is 0. The van der Waals surface area contributed by atoms with Gasteiger partial charge < -0.3 is 14.4 Å². The Morgan fingerprint density at radius 1 is 1.35 bits per heavy atom. The highest BCUT2D eigenvalue weighted by Crippen LogP contribution is 2.40. The van der Waals surface area contributed by atoms with Gasteiger partial charge in [-0.25, -0.2) is 0 Å². The van der Waals surface area contributed by atoms with Crippen LogP contribution in [-0.4, -0.2) is 24.1 Å². The summed E-state index contributed by atoms with van der Waals surface area (Å²) in [5.74, 6) is 1.74. The Morgan fingerprint density at radius 3 is 2.76 bits per heavy atom. The van der Waals surface area contributed by atoms with Crippen LogP contribution in [0.5, 0.6) is 11.5 Å². The number of amides is 1. The molecular weight excluding hydrogens is 218 g/mol. The fourth-order valence-corrected chi connectivity index (χ4v) is 2.64. The number of rotatable bonds is 0. The molecule has 1 amide bonds. The normalized spacial score (nSPS) is 21.3. The summed E-state index contributed by atoms with van der Waals surface area (Å²) in [6.07, 6.45) is 0.885. The summed E-state index contributed by atoms with van der Waals surface area (Å²) in [4.78, 5) is 13.4. The molecule has 1 unspecified atom stereocenters. The lowest BCUT2D eigenvalue weighted by molar-refractivity contribution is -0.131. The molecule has 0 N–H and O–H groups in total. The van der Waals surface area contributed by atoms with Gasteiger partial charge in [-0.2, -0.15) is 0 Å². The summed E-state index contributed by atoms with van der Waals surface area (Å²) in [7, 11) is 0. The monoisotopic (exact) mass is 233 g/mol. The molecule has 90 valence electrons. The lowest BCUT2D eigenvalue weighted by Crippen LogP contribution is -2.37. The molecule has 0 fully saturated rings. The van der Waals surface area contributed by atoms with Gasteiger partial charge in [0, 0.05) is 13.5 Å². The van der Waals surface area contributed by atoms with Crippen LogP contribution in [0.2, 0.25) is 0 Å². The Hall–Kier alpha value is -1.71. The van der Waals surface area contributed by atoms with Crippen LogP contribution in [0.3, 0.4) is 0 Å². The van der Waals surface area contributed by atoms with Crippen molar-refractivity contribution in [2.75, 3.05) is 13.3 Å². The van der Waals surface area contributed by atoms with Crippen LogP contribution in [0.1, 0.15) is 31.0 Å². The first-order valence-corrected chi connectivity index (χ1v) is 5.86. The maximum Gasteiger partial charge on any atom is 0.231 e. The number of benzene rings is 1. The van der Waals surface area contributed by atoms with Crippen LogP contribution in [0.15, 0.2) is 12.1 Å². The molecule has 1 aromatic carbocycles. The van der Waals surface area contributed by atoms with Crippen molar-refractivity contribution in [3.8, 4) is 11.5 Å². The Morgan fingerprint density at radius 2 is 2.06 bits per heavy atom. The second-order valence-electron chi connectivity index (χ2n) is 4.54. The topological polar surface area (TPSA) is 38.8 Å². The predicted octanol–water partition coefficient (Wildman–Crippen LogP) is 1.88. The first-order valence-electron chi connectivity index (χ1n) is 5.86. The van der Waals surface area contributed by atoms with Gasteiger partial charge >= 0.3 is 0 Å². The second-order valence-corrected chi connectivity index (χ2v) is 4.54. The van der Waals surface area contributed by atoms with E-state index in [1.165, 1.54) is 11.1 Å². The lowest BCUT2D eigenvalue weighted by atomic mass is 9.93.